The van der Waals surface area contributed by atoms with E-state index >= 15 is 0 Å². The minimum atomic E-state index is -0.121. The Kier molecular flexibility index (Phi) is 3.38. The Morgan fingerprint density at radius 1 is 1.36 bits per heavy atom. The zero-order valence-electron chi connectivity index (χ0n) is 8.87. The lowest BCUT2D eigenvalue weighted by molar-refractivity contribution is -0.111. The van der Waals surface area contributed by atoms with Crippen LogP contribution in [0.4, 0.5) is 0 Å². The van der Waals surface area contributed by atoms with Gasteiger partial charge < -0.3 is 0 Å². The molecule has 0 heterocycles. The van der Waals surface area contributed by atoms with E-state index in [1.165, 1.54) is 11.1 Å². The molecule has 0 aliphatic carbocycles. The van der Waals surface area contributed by atoms with Crippen LogP contribution in [0, 0.1) is 6.92 Å². The Labute approximate surface area is 90.9 Å². The minimum absolute atomic E-state index is 0.0572. The van der Waals surface area contributed by atoms with Crippen molar-refractivity contribution in [1.82, 2.24) is 0 Å². The first-order chi connectivity index (χ1) is 6.43. The molecule has 0 bridgehead atoms. The summed E-state index contributed by atoms with van der Waals surface area (Å²) in [6, 6.07) is 8.16. The monoisotopic (exact) mass is 208 g/mol. The van der Waals surface area contributed by atoms with Gasteiger partial charge in [-0.2, -0.15) is 0 Å². The smallest absolute Gasteiger partial charge is 0.186 e. The van der Waals surface area contributed by atoms with Crippen molar-refractivity contribution in [3.63, 3.8) is 0 Å². The molecule has 0 aromatic heterocycles. The van der Waals surface area contributed by atoms with Gasteiger partial charge >= 0.3 is 0 Å². The number of aryl methyl sites for hydroxylation is 1. The van der Waals surface area contributed by atoms with Gasteiger partial charge in [-0.15, -0.1) is 12.6 Å². The van der Waals surface area contributed by atoms with E-state index in [2.05, 4.69) is 45.5 Å². The molecule has 1 nitrogen and oxygen atoms in total. The molecule has 0 aliphatic rings. The zero-order chi connectivity index (χ0) is 10.8. The molecule has 0 unspecified atom stereocenters. The van der Waals surface area contributed by atoms with Gasteiger partial charge in [-0.3, -0.25) is 4.79 Å². The highest BCUT2D eigenvalue weighted by Crippen LogP contribution is 2.29. The van der Waals surface area contributed by atoms with Gasteiger partial charge in [0.25, 0.3) is 0 Å². The van der Waals surface area contributed by atoms with Gasteiger partial charge in [0.05, 0.1) is 0 Å². The van der Waals surface area contributed by atoms with Gasteiger partial charge in [-0.25, -0.2) is 0 Å². The van der Waals surface area contributed by atoms with Gasteiger partial charge in [0.2, 0.25) is 0 Å². The third kappa shape index (κ3) is 2.61. The average molecular weight is 208 g/mol. The Hall–Kier alpha value is -0.760. The van der Waals surface area contributed by atoms with Crippen LogP contribution in [0.5, 0.6) is 0 Å². The summed E-state index contributed by atoms with van der Waals surface area (Å²) < 4.78 is 0. The molecule has 0 saturated heterocycles. The highest BCUT2D eigenvalue weighted by Gasteiger charge is 2.24. The molecular formula is C12H16OS. The molecule has 0 N–H and O–H groups in total. The summed E-state index contributed by atoms with van der Waals surface area (Å²) in [5, 5.41) is -0.0572. The van der Waals surface area contributed by atoms with Crippen molar-refractivity contribution in [3.05, 3.63) is 35.4 Å². The maximum atomic E-state index is 11.0. The second-order valence-electron chi connectivity index (χ2n) is 4.27. The van der Waals surface area contributed by atoms with Crippen molar-refractivity contribution in [2.24, 2.45) is 0 Å². The van der Waals surface area contributed by atoms with Crippen molar-refractivity contribution in [3.8, 4) is 0 Å². The van der Waals surface area contributed by atoms with E-state index in [0.717, 1.165) is 0 Å². The van der Waals surface area contributed by atoms with Gasteiger partial charge in [0.1, 0.15) is 0 Å². The van der Waals surface area contributed by atoms with Gasteiger partial charge in [0, 0.05) is 6.42 Å². The maximum Gasteiger partial charge on any atom is 0.186 e. The van der Waals surface area contributed by atoms with Gasteiger partial charge in [0.15, 0.2) is 5.12 Å². The molecule has 1 aromatic carbocycles. The second-order valence-corrected chi connectivity index (χ2v) is 4.77. The third-order valence-electron chi connectivity index (χ3n) is 2.47. The lowest BCUT2D eigenvalue weighted by Crippen LogP contribution is -2.21. The maximum absolute atomic E-state index is 11.0. The molecule has 0 radical (unpaired) electrons. The first-order valence-electron chi connectivity index (χ1n) is 4.71. The predicted octanol–water partition coefficient (Wildman–Crippen LogP) is 3.12. The van der Waals surface area contributed by atoms with Gasteiger partial charge in [-0.05, 0) is 23.5 Å². The van der Waals surface area contributed by atoms with Crippen LogP contribution in [0.1, 0.15) is 31.4 Å². The second kappa shape index (κ2) is 4.18. The largest absolute Gasteiger partial charge is 0.287 e. The molecule has 14 heavy (non-hydrogen) atoms. The molecule has 0 atom stereocenters. The van der Waals surface area contributed by atoms with Crippen LogP contribution in [-0.4, -0.2) is 5.12 Å². The summed E-state index contributed by atoms with van der Waals surface area (Å²) in [6.45, 7) is 6.22. The van der Waals surface area contributed by atoms with Crippen LogP contribution in [0.25, 0.3) is 0 Å². The molecule has 76 valence electrons. The van der Waals surface area contributed by atoms with Crippen LogP contribution in [0.15, 0.2) is 24.3 Å². The molecule has 1 aromatic rings. The number of hydrogen-bond acceptors (Lipinski definition) is 1. The van der Waals surface area contributed by atoms with Crippen LogP contribution >= 0.6 is 12.6 Å². The molecule has 0 fully saturated rings. The molecule has 0 spiro atoms. The van der Waals surface area contributed by atoms with Crippen molar-refractivity contribution in [1.29, 1.82) is 0 Å². The summed E-state index contributed by atoms with van der Waals surface area (Å²) in [5.74, 6) is 0. The highest BCUT2D eigenvalue weighted by molar-refractivity contribution is 7.96. The lowest BCUT2D eigenvalue weighted by Gasteiger charge is -2.25. The third-order valence-corrected chi connectivity index (χ3v) is 2.63. The van der Waals surface area contributed by atoms with Crippen molar-refractivity contribution in [2.45, 2.75) is 32.6 Å². The van der Waals surface area contributed by atoms with Gasteiger partial charge in [-0.1, -0.05) is 38.1 Å². The fourth-order valence-electron chi connectivity index (χ4n) is 1.81. The molecule has 0 aliphatic heterocycles. The fraction of sp³-hybridized carbons (Fsp3) is 0.417. The molecule has 2 heteroatoms. The lowest BCUT2D eigenvalue weighted by atomic mass is 9.80. The standard InChI is InChI=1S/C12H16OS/c1-9-6-4-5-7-10(9)12(2,3)8-11(13)14/h4-7H,8H2,1-3H3,(H,13,14). The summed E-state index contributed by atoms with van der Waals surface area (Å²) in [4.78, 5) is 11.0. The van der Waals surface area contributed by atoms with Crippen LogP contribution < -0.4 is 0 Å². The average Bonchev–Trinajstić information content (AvgIpc) is 2.02. The minimum Gasteiger partial charge on any atom is -0.287 e. The highest BCUT2D eigenvalue weighted by atomic mass is 32.1. The Morgan fingerprint density at radius 3 is 2.43 bits per heavy atom. The summed E-state index contributed by atoms with van der Waals surface area (Å²) >= 11 is 3.84. The number of thiol groups is 1. The number of hydrogen-bond donors (Lipinski definition) is 1. The Morgan fingerprint density at radius 2 is 1.93 bits per heavy atom. The van der Waals surface area contributed by atoms with E-state index in [1.54, 1.807) is 0 Å². The number of carbonyl (C=O) groups excluding carboxylic acids is 1. The Balaban J connectivity index is 3.03. The van der Waals surface area contributed by atoms with Crippen LogP contribution in [0.3, 0.4) is 0 Å². The van der Waals surface area contributed by atoms with E-state index in [9.17, 15) is 4.79 Å². The fourth-order valence-corrected chi connectivity index (χ4v) is 2.20. The molecule has 0 amide bonds. The van der Waals surface area contributed by atoms with Crippen LogP contribution in [0.2, 0.25) is 0 Å². The summed E-state index contributed by atoms with van der Waals surface area (Å²) in [6.07, 6.45) is 0.473. The van der Waals surface area contributed by atoms with Crippen molar-refractivity contribution in [2.75, 3.05) is 0 Å². The zero-order valence-corrected chi connectivity index (χ0v) is 9.77. The van der Waals surface area contributed by atoms with Crippen LogP contribution in [-0.2, 0) is 10.2 Å². The molecule has 0 saturated carbocycles. The molecule has 1 rings (SSSR count). The summed E-state index contributed by atoms with van der Waals surface area (Å²) in [5.41, 5.74) is 2.33. The number of benzene rings is 1. The van der Waals surface area contributed by atoms with Crippen molar-refractivity contribution < 1.29 is 4.79 Å². The summed E-state index contributed by atoms with van der Waals surface area (Å²) in [7, 11) is 0. The van der Waals surface area contributed by atoms with E-state index in [4.69, 9.17) is 0 Å². The van der Waals surface area contributed by atoms with E-state index in [1.807, 2.05) is 12.1 Å². The van der Waals surface area contributed by atoms with E-state index < -0.39 is 0 Å². The Bertz CT molecular complexity index is 342. The predicted molar refractivity (Wildman–Crippen MR) is 62.8 cm³/mol. The quantitative estimate of drug-likeness (QED) is 0.755. The van der Waals surface area contributed by atoms with E-state index in [0.29, 0.717) is 6.42 Å². The molecular weight excluding hydrogens is 192 g/mol. The van der Waals surface area contributed by atoms with Crippen molar-refractivity contribution >= 4 is 17.7 Å². The first kappa shape index (κ1) is 11.3. The number of carbonyl (C=O) groups is 1. The first-order valence-corrected chi connectivity index (χ1v) is 5.16. The van der Waals surface area contributed by atoms with E-state index in [-0.39, 0.29) is 10.5 Å². The SMILES string of the molecule is Cc1ccccc1C(C)(C)CC(=O)S. The number of rotatable bonds is 3. The normalized spacial score (nSPS) is 11.4. The topological polar surface area (TPSA) is 17.1 Å².